The Labute approximate surface area is 224 Å². The highest BCUT2D eigenvalue weighted by Crippen LogP contribution is 2.40. The summed E-state index contributed by atoms with van der Waals surface area (Å²) in [6.07, 6.45) is 0. The van der Waals surface area contributed by atoms with Crippen molar-refractivity contribution >= 4 is 40.0 Å². The van der Waals surface area contributed by atoms with Crippen molar-refractivity contribution in [2.75, 3.05) is 18.2 Å². The molecule has 0 spiro atoms. The third kappa shape index (κ3) is 6.03. The van der Waals surface area contributed by atoms with Gasteiger partial charge in [-0.05, 0) is 49.6 Å². The SMILES string of the molecule is COC(=O)c1c(NC(=O)CSc2nnc(COc3ccc(C)c(C)c3)n2C)sc(C)c1-c1ccccc1. The second-order valence-corrected chi connectivity index (χ2v) is 10.6. The zero-order chi connectivity index (χ0) is 26.5. The minimum Gasteiger partial charge on any atom is -0.486 e. The first kappa shape index (κ1) is 26.4. The number of aromatic nitrogens is 3. The topological polar surface area (TPSA) is 95.3 Å². The van der Waals surface area contributed by atoms with E-state index >= 15 is 0 Å². The van der Waals surface area contributed by atoms with Crippen molar-refractivity contribution in [2.24, 2.45) is 7.05 Å². The predicted molar refractivity (Wildman–Crippen MR) is 146 cm³/mol. The maximum absolute atomic E-state index is 12.8. The predicted octanol–water partition coefficient (Wildman–Crippen LogP) is 5.57. The number of rotatable bonds is 9. The van der Waals surface area contributed by atoms with Gasteiger partial charge in [0.05, 0.1) is 12.9 Å². The Balaban J connectivity index is 1.42. The van der Waals surface area contributed by atoms with Crippen LogP contribution in [-0.2, 0) is 23.2 Å². The molecule has 10 heteroatoms. The molecule has 0 atom stereocenters. The number of esters is 1. The number of carbonyl (C=O) groups is 2. The molecule has 192 valence electrons. The Kier molecular flexibility index (Phi) is 8.30. The number of carbonyl (C=O) groups excluding carboxylic acids is 2. The fraction of sp³-hybridized carbons (Fsp3) is 0.259. The number of ether oxygens (including phenoxy) is 2. The number of thiophene rings is 1. The van der Waals surface area contributed by atoms with Gasteiger partial charge in [-0.3, -0.25) is 4.79 Å². The van der Waals surface area contributed by atoms with E-state index in [9.17, 15) is 9.59 Å². The largest absolute Gasteiger partial charge is 0.486 e. The van der Waals surface area contributed by atoms with Crippen LogP contribution in [-0.4, -0.2) is 39.5 Å². The van der Waals surface area contributed by atoms with E-state index in [0.717, 1.165) is 27.3 Å². The quantitative estimate of drug-likeness (QED) is 0.221. The van der Waals surface area contributed by atoms with E-state index in [1.54, 1.807) is 0 Å². The molecular formula is C27H28N4O4S2. The van der Waals surface area contributed by atoms with Crippen molar-refractivity contribution in [3.05, 3.63) is 75.9 Å². The van der Waals surface area contributed by atoms with E-state index in [-0.39, 0.29) is 18.3 Å². The summed E-state index contributed by atoms with van der Waals surface area (Å²) in [5.74, 6) is 0.764. The molecule has 0 aliphatic heterocycles. The van der Waals surface area contributed by atoms with Crippen LogP contribution in [0.1, 0.15) is 32.2 Å². The number of thioether (sulfide) groups is 1. The lowest BCUT2D eigenvalue weighted by Crippen LogP contribution is -2.16. The molecule has 0 fully saturated rings. The molecule has 0 aliphatic rings. The van der Waals surface area contributed by atoms with E-state index in [1.807, 2.05) is 74.0 Å². The monoisotopic (exact) mass is 536 g/mol. The second kappa shape index (κ2) is 11.6. The van der Waals surface area contributed by atoms with Crippen LogP contribution in [0, 0.1) is 20.8 Å². The molecule has 1 amide bonds. The lowest BCUT2D eigenvalue weighted by atomic mass is 10.0. The maximum atomic E-state index is 12.8. The van der Waals surface area contributed by atoms with Gasteiger partial charge in [-0.2, -0.15) is 0 Å². The highest BCUT2D eigenvalue weighted by atomic mass is 32.2. The van der Waals surface area contributed by atoms with Crippen LogP contribution in [0.15, 0.2) is 53.7 Å². The first-order valence-electron chi connectivity index (χ1n) is 11.6. The molecule has 37 heavy (non-hydrogen) atoms. The van der Waals surface area contributed by atoms with E-state index in [2.05, 4.69) is 22.4 Å². The summed E-state index contributed by atoms with van der Waals surface area (Å²) < 4.78 is 12.7. The number of aryl methyl sites for hydroxylation is 3. The van der Waals surface area contributed by atoms with E-state index in [1.165, 1.54) is 35.8 Å². The molecule has 2 aromatic carbocycles. The Bertz CT molecular complexity index is 1430. The third-order valence-electron chi connectivity index (χ3n) is 5.89. The average molecular weight is 537 g/mol. The van der Waals surface area contributed by atoms with Gasteiger partial charge in [0.2, 0.25) is 5.91 Å². The molecule has 0 radical (unpaired) electrons. The van der Waals surface area contributed by atoms with Gasteiger partial charge in [0.25, 0.3) is 0 Å². The number of methoxy groups -OCH3 is 1. The van der Waals surface area contributed by atoms with Gasteiger partial charge < -0.3 is 19.4 Å². The zero-order valence-electron chi connectivity index (χ0n) is 21.3. The molecule has 0 saturated heterocycles. The fourth-order valence-electron chi connectivity index (χ4n) is 3.72. The molecule has 1 N–H and O–H groups in total. The number of amides is 1. The van der Waals surface area contributed by atoms with Gasteiger partial charge in [-0.25, -0.2) is 4.79 Å². The minimum absolute atomic E-state index is 0.0994. The van der Waals surface area contributed by atoms with Gasteiger partial charge >= 0.3 is 5.97 Å². The lowest BCUT2D eigenvalue weighted by molar-refractivity contribution is -0.113. The van der Waals surface area contributed by atoms with Gasteiger partial charge in [-0.15, -0.1) is 21.5 Å². The molecule has 0 aliphatic carbocycles. The van der Waals surface area contributed by atoms with E-state index in [4.69, 9.17) is 9.47 Å². The molecule has 2 heterocycles. The second-order valence-electron chi connectivity index (χ2n) is 8.42. The highest BCUT2D eigenvalue weighted by Gasteiger charge is 2.25. The van der Waals surface area contributed by atoms with Crippen molar-refractivity contribution in [1.29, 1.82) is 0 Å². The Morgan fingerprint density at radius 3 is 2.51 bits per heavy atom. The van der Waals surface area contributed by atoms with E-state index < -0.39 is 5.97 Å². The minimum atomic E-state index is -0.493. The summed E-state index contributed by atoms with van der Waals surface area (Å²) in [6.45, 7) is 6.28. The standard InChI is InChI=1S/C27H28N4O4S2/c1-16-11-12-20(13-17(16)2)35-14-21-29-30-27(31(21)4)36-15-22(32)28-25-24(26(33)34-5)23(18(3)37-25)19-9-7-6-8-10-19/h6-13H,14-15H2,1-5H3,(H,28,32). The van der Waals surface area contributed by atoms with Gasteiger partial charge in [0, 0.05) is 17.5 Å². The number of benzene rings is 2. The molecule has 2 aromatic heterocycles. The summed E-state index contributed by atoms with van der Waals surface area (Å²) in [7, 11) is 3.17. The van der Waals surface area contributed by atoms with Crippen molar-refractivity contribution in [3.8, 4) is 16.9 Å². The van der Waals surface area contributed by atoms with Crippen molar-refractivity contribution in [1.82, 2.24) is 14.8 Å². The molecule has 0 unspecified atom stereocenters. The summed E-state index contributed by atoms with van der Waals surface area (Å²) in [4.78, 5) is 26.4. The summed E-state index contributed by atoms with van der Waals surface area (Å²) in [6, 6.07) is 15.5. The number of anilines is 1. The first-order chi connectivity index (χ1) is 17.8. The van der Waals surface area contributed by atoms with Crippen LogP contribution < -0.4 is 10.1 Å². The van der Waals surface area contributed by atoms with Crippen molar-refractivity contribution in [3.63, 3.8) is 0 Å². The maximum Gasteiger partial charge on any atom is 0.341 e. The van der Waals surface area contributed by atoms with Gasteiger partial charge in [-0.1, -0.05) is 48.2 Å². The lowest BCUT2D eigenvalue weighted by Gasteiger charge is -2.09. The number of nitrogens with one attached hydrogen (secondary N) is 1. The van der Waals surface area contributed by atoms with Crippen LogP contribution in [0.4, 0.5) is 5.00 Å². The first-order valence-corrected chi connectivity index (χ1v) is 13.4. The Morgan fingerprint density at radius 2 is 1.81 bits per heavy atom. The van der Waals surface area contributed by atoms with Gasteiger partial charge in [0.1, 0.15) is 22.9 Å². The Morgan fingerprint density at radius 1 is 1.05 bits per heavy atom. The highest BCUT2D eigenvalue weighted by molar-refractivity contribution is 7.99. The molecule has 8 nitrogen and oxygen atoms in total. The summed E-state index contributed by atoms with van der Waals surface area (Å²) in [5, 5.41) is 12.4. The Hall–Kier alpha value is -3.63. The fourth-order valence-corrected chi connectivity index (χ4v) is 5.53. The molecule has 4 aromatic rings. The smallest absolute Gasteiger partial charge is 0.341 e. The van der Waals surface area contributed by atoms with Crippen molar-refractivity contribution < 1.29 is 19.1 Å². The third-order valence-corrected chi connectivity index (χ3v) is 7.93. The normalized spacial score (nSPS) is 10.8. The summed E-state index contributed by atoms with van der Waals surface area (Å²) in [5.41, 5.74) is 4.38. The number of nitrogens with zero attached hydrogens (tertiary/aromatic N) is 3. The molecule has 4 rings (SSSR count). The van der Waals surface area contributed by atoms with Crippen LogP contribution in [0.25, 0.3) is 11.1 Å². The van der Waals surface area contributed by atoms with Gasteiger partial charge in [0.15, 0.2) is 11.0 Å². The van der Waals surface area contributed by atoms with Crippen LogP contribution in [0.2, 0.25) is 0 Å². The van der Waals surface area contributed by atoms with Crippen LogP contribution >= 0.6 is 23.1 Å². The number of hydrogen-bond acceptors (Lipinski definition) is 8. The molecule has 0 saturated carbocycles. The summed E-state index contributed by atoms with van der Waals surface area (Å²) >= 11 is 2.61. The number of hydrogen-bond donors (Lipinski definition) is 1. The molecular weight excluding hydrogens is 508 g/mol. The molecule has 0 bridgehead atoms. The zero-order valence-corrected chi connectivity index (χ0v) is 23.0. The average Bonchev–Trinajstić information content (AvgIpc) is 3.41. The van der Waals surface area contributed by atoms with Crippen LogP contribution in [0.5, 0.6) is 5.75 Å². The van der Waals surface area contributed by atoms with Crippen molar-refractivity contribution in [2.45, 2.75) is 32.5 Å². The van der Waals surface area contributed by atoms with Crippen LogP contribution in [0.3, 0.4) is 0 Å². The van der Waals surface area contributed by atoms with E-state index in [0.29, 0.717) is 21.5 Å².